The van der Waals surface area contributed by atoms with E-state index < -0.39 is 0 Å². The van der Waals surface area contributed by atoms with E-state index in [-0.39, 0.29) is 11.9 Å². The number of anilines is 1. The second kappa shape index (κ2) is 11.6. The Balaban J connectivity index is 1.41. The van der Waals surface area contributed by atoms with Gasteiger partial charge in [0.15, 0.2) is 0 Å². The summed E-state index contributed by atoms with van der Waals surface area (Å²) in [5.41, 5.74) is 1.82. The molecule has 6 nitrogen and oxygen atoms in total. The van der Waals surface area contributed by atoms with Gasteiger partial charge in [-0.25, -0.2) is 4.79 Å². The van der Waals surface area contributed by atoms with Crippen molar-refractivity contribution in [1.29, 1.82) is 0 Å². The van der Waals surface area contributed by atoms with Crippen molar-refractivity contribution in [2.45, 2.75) is 37.1 Å². The minimum absolute atomic E-state index is 0.0401. The van der Waals surface area contributed by atoms with E-state index in [0.29, 0.717) is 25.4 Å². The van der Waals surface area contributed by atoms with Crippen LogP contribution in [0.1, 0.15) is 31.2 Å². The highest BCUT2D eigenvalue weighted by molar-refractivity contribution is 7.98. The molecule has 3 amide bonds. The Morgan fingerprint density at radius 2 is 2.00 bits per heavy atom. The lowest BCUT2D eigenvalue weighted by atomic mass is 9.93. The van der Waals surface area contributed by atoms with Gasteiger partial charge in [0, 0.05) is 36.6 Å². The van der Waals surface area contributed by atoms with Crippen LogP contribution in [0.2, 0.25) is 0 Å². The fourth-order valence-corrected chi connectivity index (χ4v) is 4.18. The Labute approximate surface area is 188 Å². The number of piperidine rings is 1. The molecular formula is C24H31N3O3S. The van der Waals surface area contributed by atoms with E-state index in [1.165, 1.54) is 4.90 Å². The number of hydrogen-bond acceptors (Lipinski definition) is 4. The van der Waals surface area contributed by atoms with Gasteiger partial charge in [0.1, 0.15) is 5.75 Å². The molecule has 0 aromatic heterocycles. The second-order valence-electron chi connectivity index (χ2n) is 7.78. The Hall–Kier alpha value is -2.67. The van der Waals surface area contributed by atoms with Gasteiger partial charge in [-0.1, -0.05) is 12.1 Å². The Kier molecular flexibility index (Phi) is 8.64. The van der Waals surface area contributed by atoms with Crippen molar-refractivity contribution in [2.24, 2.45) is 5.92 Å². The van der Waals surface area contributed by atoms with E-state index in [2.05, 4.69) is 10.6 Å². The van der Waals surface area contributed by atoms with Crippen LogP contribution in [0.5, 0.6) is 5.75 Å². The molecule has 1 heterocycles. The number of methoxy groups -OCH3 is 1. The summed E-state index contributed by atoms with van der Waals surface area (Å²) in [4.78, 5) is 28.0. The predicted octanol–water partition coefficient (Wildman–Crippen LogP) is 4.76. The number of hydrogen-bond donors (Lipinski definition) is 2. The van der Waals surface area contributed by atoms with E-state index in [0.717, 1.165) is 42.8 Å². The second-order valence-corrected chi connectivity index (χ2v) is 8.66. The summed E-state index contributed by atoms with van der Waals surface area (Å²) in [6.07, 6.45) is 5.31. The van der Waals surface area contributed by atoms with E-state index in [1.807, 2.05) is 59.7 Å². The van der Waals surface area contributed by atoms with E-state index in [1.54, 1.807) is 18.9 Å². The van der Waals surface area contributed by atoms with Gasteiger partial charge in [0.2, 0.25) is 5.91 Å². The molecule has 1 saturated heterocycles. The van der Waals surface area contributed by atoms with Crippen molar-refractivity contribution in [2.75, 3.05) is 31.8 Å². The van der Waals surface area contributed by atoms with Gasteiger partial charge < -0.3 is 20.3 Å². The highest BCUT2D eigenvalue weighted by Gasteiger charge is 2.24. The van der Waals surface area contributed by atoms with Crippen molar-refractivity contribution >= 4 is 29.4 Å². The van der Waals surface area contributed by atoms with Crippen LogP contribution in [0.25, 0.3) is 0 Å². The summed E-state index contributed by atoms with van der Waals surface area (Å²) < 4.78 is 5.21. The number of urea groups is 1. The van der Waals surface area contributed by atoms with Gasteiger partial charge in [-0.05, 0) is 73.4 Å². The summed E-state index contributed by atoms with van der Waals surface area (Å²) in [7, 11) is 1.63. The summed E-state index contributed by atoms with van der Waals surface area (Å²) in [5.74, 6) is 1.17. The molecule has 166 valence electrons. The number of carbonyl (C=O) groups excluding carboxylic acids is 2. The zero-order valence-corrected chi connectivity index (χ0v) is 19.0. The number of likely N-dealkylation sites (tertiary alicyclic amines) is 1. The number of thioether (sulfide) groups is 1. The van der Waals surface area contributed by atoms with Crippen LogP contribution in [0.15, 0.2) is 53.4 Å². The van der Waals surface area contributed by atoms with Gasteiger partial charge in [-0.2, -0.15) is 0 Å². The molecule has 0 aliphatic carbocycles. The van der Waals surface area contributed by atoms with E-state index in [9.17, 15) is 9.59 Å². The van der Waals surface area contributed by atoms with Crippen molar-refractivity contribution < 1.29 is 14.3 Å². The molecule has 0 spiro atoms. The highest BCUT2D eigenvalue weighted by Crippen LogP contribution is 2.23. The first-order chi connectivity index (χ1) is 15.1. The van der Waals surface area contributed by atoms with E-state index >= 15 is 0 Å². The minimum atomic E-state index is -0.0657. The predicted molar refractivity (Wildman–Crippen MR) is 126 cm³/mol. The maximum Gasteiger partial charge on any atom is 0.321 e. The number of ether oxygens (including phenoxy) is 1. The number of nitrogens with zero attached hydrogens (tertiary/aromatic N) is 1. The van der Waals surface area contributed by atoms with Crippen LogP contribution in [0.4, 0.5) is 10.5 Å². The standard InChI is InChI=1S/C24H31N3O3S/c1-30-21-7-3-5-19(15-21)16-25-23(28)13-8-18-6-4-14-27(17-18)24(29)26-20-9-11-22(31-2)12-10-20/h3,5,7,9-12,15,18H,4,6,8,13-14,16-17H2,1-2H3,(H,25,28)(H,26,29). The van der Waals surface area contributed by atoms with Gasteiger partial charge in [-0.3, -0.25) is 4.79 Å². The molecule has 3 rings (SSSR count). The van der Waals surface area contributed by atoms with Crippen molar-refractivity contribution in [1.82, 2.24) is 10.2 Å². The molecule has 1 fully saturated rings. The van der Waals surface area contributed by atoms with Gasteiger partial charge >= 0.3 is 6.03 Å². The van der Waals surface area contributed by atoms with E-state index in [4.69, 9.17) is 4.74 Å². The molecule has 2 N–H and O–H groups in total. The molecular weight excluding hydrogens is 410 g/mol. The quantitative estimate of drug-likeness (QED) is 0.580. The Morgan fingerprint density at radius 1 is 1.19 bits per heavy atom. The summed E-state index contributed by atoms with van der Waals surface area (Å²) in [6.45, 7) is 1.94. The van der Waals surface area contributed by atoms with Crippen molar-refractivity contribution in [3.05, 3.63) is 54.1 Å². The number of amides is 3. The highest BCUT2D eigenvalue weighted by atomic mass is 32.2. The fraction of sp³-hybridized carbons (Fsp3) is 0.417. The molecule has 1 aliphatic heterocycles. The molecule has 1 unspecified atom stereocenters. The van der Waals surface area contributed by atoms with Gasteiger partial charge in [0.05, 0.1) is 7.11 Å². The summed E-state index contributed by atoms with van der Waals surface area (Å²) >= 11 is 1.67. The molecule has 7 heteroatoms. The summed E-state index contributed by atoms with van der Waals surface area (Å²) in [5, 5.41) is 5.96. The Morgan fingerprint density at radius 3 is 2.74 bits per heavy atom. The normalized spacial score (nSPS) is 15.9. The average Bonchev–Trinajstić information content (AvgIpc) is 2.82. The van der Waals surface area contributed by atoms with Crippen LogP contribution >= 0.6 is 11.8 Å². The molecule has 2 aromatic carbocycles. The van der Waals surface area contributed by atoms with Crippen molar-refractivity contribution in [3.8, 4) is 5.75 Å². The first-order valence-electron chi connectivity index (χ1n) is 10.7. The topological polar surface area (TPSA) is 70.7 Å². The zero-order valence-electron chi connectivity index (χ0n) is 18.2. The third-order valence-corrected chi connectivity index (χ3v) is 6.29. The molecule has 0 radical (unpaired) electrons. The number of rotatable bonds is 8. The first kappa shape index (κ1) is 23.0. The van der Waals surface area contributed by atoms with Crippen LogP contribution < -0.4 is 15.4 Å². The number of benzene rings is 2. The fourth-order valence-electron chi connectivity index (χ4n) is 3.77. The SMILES string of the molecule is COc1cccc(CNC(=O)CCC2CCCN(C(=O)Nc3ccc(SC)cc3)C2)c1. The maximum absolute atomic E-state index is 12.6. The average molecular weight is 442 g/mol. The first-order valence-corrected chi connectivity index (χ1v) is 11.9. The van der Waals surface area contributed by atoms with Crippen molar-refractivity contribution in [3.63, 3.8) is 0 Å². The molecule has 2 aromatic rings. The number of carbonyl (C=O) groups is 2. The summed E-state index contributed by atoms with van der Waals surface area (Å²) in [6, 6.07) is 15.5. The molecule has 0 saturated carbocycles. The molecule has 1 atom stereocenters. The molecule has 31 heavy (non-hydrogen) atoms. The lowest BCUT2D eigenvalue weighted by molar-refractivity contribution is -0.121. The zero-order chi connectivity index (χ0) is 22.1. The monoisotopic (exact) mass is 441 g/mol. The maximum atomic E-state index is 12.6. The third kappa shape index (κ3) is 7.21. The van der Waals surface area contributed by atoms with Gasteiger partial charge in [0.25, 0.3) is 0 Å². The van der Waals surface area contributed by atoms with Crippen LogP contribution in [-0.2, 0) is 11.3 Å². The Bertz CT molecular complexity index is 873. The molecule has 0 bridgehead atoms. The minimum Gasteiger partial charge on any atom is -0.497 e. The smallest absolute Gasteiger partial charge is 0.321 e. The lowest BCUT2D eigenvalue weighted by Gasteiger charge is -2.32. The van der Waals surface area contributed by atoms with Crippen LogP contribution in [-0.4, -0.2) is 43.3 Å². The molecule has 1 aliphatic rings. The van der Waals surface area contributed by atoms with Crippen LogP contribution in [0, 0.1) is 5.92 Å². The lowest BCUT2D eigenvalue weighted by Crippen LogP contribution is -2.42. The third-order valence-electron chi connectivity index (χ3n) is 5.55. The van der Waals surface area contributed by atoms with Gasteiger partial charge in [-0.15, -0.1) is 11.8 Å². The van der Waals surface area contributed by atoms with Crippen LogP contribution in [0.3, 0.4) is 0 Å². The number of nitrogens with one attached hydrogen (secondary N) is 2. The largest absolute Gasteiger partial charge is 0.497 e.